The number of amides is 1. The largest absolute Gasteiger partial charge is 0.497 e. The average molecular weight is 525 g/mol. The summed E-state index contributed by atoms with van der Waals surface area (Å²) in [7, 11) is 1.89. The van der Waals surface area contributed by atoms with Crippen molar-refractivity contribution in [3.05, 3.63) is 71.3 Å². The monoisotopic (exact) mass is 524 g/mol. The third-order valence-electron chi connectivity index (χ3n) is 5.73. The van der Waals surface area contributed by atoms with Gasteiger partial charge >= 0.3 is 0 Å². The van der Waals surface area contributed by atoms with Crippen LogP contribution in [0.1, 0.15) is 10.5 Å². The second-order valence-corrected chi connectivity index (χ2v) is 9.59. The second kappa shape index (κ2) is 10.2. The average Bonchev–Trinajstić information content (AvgIpc) is 3.26. The number of hydrogen-bond acceptors (Lipinski definition) is 9. The Labute approximate surface area is 213 Å². The number of nitrogens with one attached hydrogen (secondary N) is 2. The molecule has 0 saturated carbocycles. The number of anilines is 2. The SMILES string of the molecule is COc1ccc(S(=O)(=O)NC(=O)c2cc3c(Nc4cc(OC)cc(OC)c4)ccc(N=O)c3n2C)cc1. The number of sulfonamides is 1. The molecule has 0 aliphatic carbocycles. The Bertz CT molecular complexity index is 1570. The molecule has 1 aromatic heterocycles. The van der Waals surface area contributed by atoms with Gasteiger partial charge in [-0.1, -0.05) is 0 Å². The highest BCUT2D eigenvalue weighted by Crippen LogP contribution is 2.37. The molecule has 0 fully saturated rings. The first kappa shape index (κ1) is 25.5. The summed E-state index contributed by atoms with van der Waals surface area (Å²) in [5.74, 6) is 0.712. The van der Waals surface area contributed by atoms with Crippen molar-refractivity contribution < 1.29 is 27.4 Å². The highest BCUT2D eigenvalue weighted by molar-refractivity contribution is 7.90. The minimum atomic E-state index is -4.17. The van der Waals surface area contributed by atoms with Gasteiger partial charge < -0.3 is 24.1 Å². The van der Waals surface area contributed by atoms with Crippen LogP contribution in [0.5, 0.6) is 17.2 Å². The number of carbonyl (C=O) groups excluding carboxylic acids is 1. The number of hydrogen-bond donors (Lipinski definition) is 2. The molecule has 0 aliphatic rings. The van der Waals surface area contributed by atoms with Gasteiger partial charge in [-0.05, 0) is 47.6 Å². The van der Waals surface area contributed by atoms with Crippen molar-refractivity contribution in [2.45, 2.75) is 4.90 Å². The van der Waals surface area contributed by atoms with E-state index in [1.165, 1.54) is 62.3 Å². The number of carbonyl (C=O) groups is 1. The number of benzene rings is 3. The maximum Gasteiger partial charge on any atom is 0.281 e. The molecular formula is C25H24N4O7S. The molecule has 1 heterocycles. The van der Waals surface area contributed by atoms with Crippen LogP contribution in [0, 0.1) is 4.91 Å². The molecule has 37 heavy (non-hydrogen) atoms. The molecule has 0 atom stereocenters. The van der Waals surface area contributed by atoms with Gasteiger partial charge in [-0.2, -0.15) is 0 Å². The molecule has 192 valence electrons. The minimum Gasteiger partial charge on any atom is -0.497 e. The third-order valence-corrected chi connectivity index (χ3v) is 7.08. The fourth-order valence-corrected chi connectivity index (χ4v) is 4.83. The Hall–Kier alpha value is -4.58. The number of aromatic nitrogens is 1. The lowest BCUT2D eigenvalue weighted by Gasteiger charge is -2.12. The molecule has 4 aromatic rings. The van der Waals surface area contributed by atoms with Crippen molar-refractivity contribution in [1.82, 2.24) is 9.29 Å². The first-order chi connectivity index (χ1) is 17.7. The van der Waals surface area contributed by atoms with E-state index in [2.05, 4.69) is 15.2 Å². The zero-order valence-electron chi connectivity index (χ0n) is 20.4. The van der Waals surface area contributed by atoms with Gasteiger partial charge in [0.25, 0.3) is 15.9 Å². The predicted molar refractivity (Wildman–Crippen MR) is 139 cm³/mol. The number of fused-ring (bicyclic) bond motifs is 1. The van der Waals surface area contributed by atoms with Crippen LogP contribution in [-0.4, -0.2) is 40.2 Å². The molecule has 2 N–H and O–H groups in total. The van der Waals surface area contributed by atoms with Crippen LogP contribution in [0.3, 0.4) is 0 Å². The maximum atomic E-state index is 13.1. The van der Waals surface area contributed by atoms with E-state index in [1.54, 1.807) is 31.3 Å². The van der Waals surface area contributed by atoms with E-state index in [1.807, 2.05) is 0 Å². The van der Waals surface area contributed by atoms with Crippen LogP contribution in [-0.2, 0) is 17.1 Å². The zero-order valence-corrected chi connectivity index (χ0v) is 21.3. The van der Waals surface area contributed by atoms with E-state index in [4.69, 9.17) is 14.2 Å². The molecule has 11 nitrogen and oxygen atoms in total. The predicted octanol–water partition coefficient (Wildman–Crippen LogP) is 4.46. The third kappa shape index (κ3) is 5.05. The first-order valence-electron chi connectivity index (χ1n) is 10.9. The van der Waals surface area contributed by atoms with Crippen molar-refractivity contribution in [2.75, 3.05) is 26.6 Å². The quantitative estimate of drug-likeness (QED) is 0.306. The molecule has 0 unspecified atom stereocenters. The Kier molecular flexibility index (Phi) is 7.02. The summed E-state index contributed by atoms with van der Waals surface area (Å²) in [5, 5.41) is 6.79. The van der Waals surface area contributed by atoms with E-state index in [9.17, 15) is 18.1 Å². The lowest BCUT2D eigenvalue weighted by molar-refractivity contribution is 0.0974. The molecule has 0 radical (unpaired) electrons. The van der Waals surface area contributed by atoms with Crippen LogP contribution in [0.4, 0.5) is 17.1 Å². The Morgan fingerprint density at radius 2 is 1.49 bits per heavy atom. The van der Waals surface area contributed by atoms with Gasteiger partial charge in [-0.25, -0.2) is 13.1 Å². The standard InChI is InChI=1S/C25H24N4O7S/c1-29-23(25(30)28-37(32,33)19-7-5-16(34-2)6-8-19)14-20-21(9-10-22(27-31)24(20)29)26-15-11-17(35-3)13-18(12-15)36-4/h5-14,26H,1-4H3,(H,28,30). The summed E-state index contributed by atoms with van der Waals surface area (Å²) in [4.78, 5) is 24.5. The normalized spacial score (nSPS) is 11.1. The maximum absolute atomic E-state index is 13.1. The van der Waals surface area contributed by atoms with Gasteiger partial charge in [0.2, 0.25) is 0 Å². The fraction of sp³-hybridized carbons (Fsp3) is 0.160. The van der Waals surface area contributed by atoms with E-state index in [0.717, 1.165) is 0 Å². The summed E-state index contributed by atoms with van der Waals surface area (Å²) in [6.07, 6.45) is 0. The van der Waals surface area contributed by atoms with Crippen LogP contribution < -0.4 is 24.2 Å². The van der Waals surface area contributed by atoms with Crippen molar-refractivity contribution >= 4 is 43.9 Å². The Balaban J connectivity index is 1.73. The van der Waals surface area contributed by atoms with Crippen molar-refractivity contribution in [3.8, 4) is 17.2 Å². The highest BCUT2D eigenvalue weighted by Gasteiger charge is 2.24. The zero-order chi connectivity index (χ0) is 26.7. The van der Waals surface area contributed by atoms with E-state index in [-0.39, 0.29) is 16.3 Å². The van der Waals surface area contributed by atoms with Crippen LogP contribution >= 0.6 is 0 Å². The Morgan fingerprint density at radius 1 is 0.865 bits per heavy atom. The van der Waals surface area contributed by atoms with E-state index >= 15 is 0 Å². The van der Waals surface area contributed by atoms with Crippen LogP contribution in [0.2, 0.25) is 0 Å². The van der Waals surface area contributed by atoms with E-state index in [0.29, 0.717) is 39.5 Å². The van der Waals surface area contributed by atoms with Gasteiger partial charge in [0.1, 0.15) is 28.6 Å². The number of nitrogens with zero attached hydrogens (tertiary/aromatic N) is 2. The van der Waals surface area contributed by atoms with Crippen molar-refractivity contribution in [1.29, 1.82) is 0 Å². The molecule has 12 heteroatoms. The van der Waals surface area contributed by atoms with Gasteiger partial charge in [-0.3, -0.25) is 4.79 Å². The lowest BCUT2D eigenvalue weighted by Crippen LogP contribution is -2.31. The van der Waals surface area contributed by atoms with Gasteiger partial charge in [0, 0.05) is 42.0 Å². The number of nitroso groups, excluding NO2 is 1. The summed E-state index contributed by atoms with van der Waals surface area (Å²) >= 11 is 0. The summed E-state index contributed by atoms with van der Waals surface area (Å²) in [5.41, 5.74) is 1.62. The molecule has 0 aliphatic heterocycles. The Morgan fingerprint density at radius 3 is 2.05 bits per heavy atom. The lowest BCUT2D eigenvalue weighted by atomic mass is 10.1. The van der Waals surface area contributed by atoms with Crippen molar-refractivity contribution in [3.63, 3.8) is 0 Å². The molecule has 1 amide bonds. The number of ether oxygens (including phenoxy) is 3. The van der Waals surface area contributed by atoms with Crippen molar-refractivity contribution in [2.24, 2.45) is 12.2 Å². The topological polar surface area (TPSA) is 137 Å². The molecule has 0 saturated heterocycles. The number of methoxy groups -OCH3 is 3. The summed E-state index contributed by atoms with van der Waals surface area (Å²) < 4.78 is 44.8. The highest BCUT2D eigenvalue weighted by atomic mass is 32.2. The minimum absolute atomic E-state index is 0.00876. The second-order valence-electron chi connectivity index (χ2n) is 7.91. The molecule has 0 spiro atoms. The fourth-order valence-electron chi connectivity index (χ4n) is 3.87. The molecule has 3 aromatic carbocycles. The summed E-state index contributed by atoms with van der Waals surface area (Å²) in [6.45, 7) is 0. The number of rotatable bonds is 9. The van der Waals surface area contributed by atoms with Gasteiger partial charge in [0.15, 0.2) is 0 Å². The molecular weight excluding hydrogens is 500 g/mol. The first-order valence-corrected chi connectivity index (χ1v) is 12.4. The summed E-state index contributed by atoms with van der Waals surface area (Å²) in [6, 6.07) is 15.5. The van der Waals surface area contributed by atoms with Crippen LogP contribution in [0.15, 0.2) is 70.7 Å². The van der Waals surface area contributed by atoms with Gasteiger partial charge in [-0.15, -0.1) is 4.91 Å². The molecule has 4 rings (SSSR count). The smallest absolute Gasteiger partial charge is 0.281 e. The molecule has 0 bridgehead atoms. The van der Waals surface area contributed by atoms with Gasteiger partial charge in [0.05, 0.1) is 31.7 Å². The van der Waals surface area contributed by atoms with E-state index < -0.39 is 15.9 Å². The van der Waals surface area contributed by atoms with Crippen LogP contribution in [0.25, 0.3) is 10.9 Å². The number of aryl methyl sites for hydroxylation is 1.